The topological polar surface area (TPSA) is 147 Å². The molecule has 1 aromatic heterocycles. The van der Waals surface area contributed by atoms with Crippen LogP contribution in [0.3, 0.4) is 0 Å². The molecule has 1 amide bonds. The van der Waals surface area contributed by atoms with Crippen LogP contribution in [-0.4, -0.2) is 69.5 Å². The predicted octanol–water partition coefficient (Wildman–Crippen LogP) is -2.02. The lowest BCUT2D eigenvalue weighted by molar-refractivity contribution is -0.0541. The monoisotopic (exact) mass is 304 g/mol. The molecule has 112 valence electrons. The van der Waals surface area contributed by atoms with E-state index >= 15 is 0 Å². The van der Waals surface area contributed by atoms with E-state index in [-0.39, 0.29) is 11.6 Å². The van der Waals surface area contributed by atoms with Gasteiger partial charge < -0.3 is 25.7 Å². The lowest BCUT2D eigenvalue weighted by Gasteiger charge is -2.17. The minimum absolute atomic E-state index is 0.228. The van der Waals surface area contributed by atoms with Crippen molar-refractivity contribution in [2.45, 2.75) is 18.3 Å². The molecule has 0 aliphatic carbocycles. The summed E-state index contributed by atoms with van der Waals surface area (Å²) in [6.45, 7) is -0.679. The number of aliphatic hydroxyl groups is 4. The van der Waals surface area contributed by atoms with E-state index in [0.29, 0.717) is 5.13 Å². The van der Waals surface area contributed by atoms with E-state index in [1.807, 2.05) is 0 Å². The van der Waals surface area contributed by atoms with E-state index in [0.717, 1.165) is 17.6 Å². The molecule has 1 rings (SSSR count). The van der Waals surface area contributed by atoms with Crippen LogP contribution in [0.15, 0.2) is 10.5 Å². The van der Waals surface area contributed by atoms with Crippen LogP contribution in [0.2, 0.25) is 0 Å². The smallest absolute Gasteiger partial charge is 0.270 e. The molecule has 9 nitrogen and oxygen atoms in total. The highest BCUT2D eigenvalue weighted by molar-refractivity contribution is 7.13. The second-order valence-electron chi connectivity index (χ2n) is 3.74. The number of nitrogens with one attached hydrogen (secondary N) is 2. The first-order valence-corrected chi connectivity index (χ1v) is 6.49. The Morgan fingerprint density at radius 1 is 1.55 bits per heavy atom. The molecule has 20 heavy (non-hydrogen) atoms. The summed E-state index contributed by atoms with van der Waals surface area (Å²) in [5.74, 6) is -0.334. The minimum atomic E-state index is -1.55. The lowest BCUT2D eigenvalue weighted by atomic mass is 10.1. The molecule has 0 fully saturated rings. The van der Waals surface area contributed by atoms with Crippen molar-refractivity contribution in [3.63, 3.8) is 0 Å². The maximum Gasteiger partial charge on any atom is 0.270 e. The summed E-state index contributed by atoms with van der Waals surface area (Å²) in [4.78, 5) is 15.2. The summed E-state index contributed by atoms with van der Waals surface area (Å²) < 4.78 is 0. The summed E-state index contributed by atoms with van der Waals surface area (Å²) in [7, 11) is 1.48. The normalized spacial score (nSPS) is 15.8. The molecule has 1 aromatic rings. The molecule has 0 aliphatic heterocycles. The number of carbonyl (C=O) groups is 1. The van der Waals surface area contributed by atoms with Crippen molar-refractivity contribution >= 4 is 28.6 Å². The Labute approximate surface area is 118 Å². The van der Waals surface area contributed by atoms with Gasteiger partial charge in [-0.15, -0.1) is 11.3 Å². The molecule has 3 atom stereocenters. The third-order valence-electron chi connectivity index (χ3n) is 2.28. The fourth-order valence-electron chi connectivity index (χ4n) is 1.15. The van der Waals surface area contributed by atoms with Gasteiger partial charge in [0.2, 0.25) is 5.13 Å². The van der Waals surface area contributed by atoms with Gasteiger partial charge in [0.1, 0.15) is 24.0 Å². The SMILES string of the molecule is CNC(=O)c1csc(N/N=C\[C@H](O)[C@@H](O)[C@H](O)CO)n1. The molecule has 0 saturated heterocycles. The zero-order valence-corrected chi connectivity index (χ0v) is 11.4. The molecule has 0 spiro atoms. The maximum atomic E-state index is 11.2. The lowest BCUT2D eigenvalue weighted by Crippen LogP contribution is -2.40. The van der Waals surface area contributed by atoms with E-state index in [1.54, 1.807) is 0 Å². The second kappa shape index (κ2) is 7.87. The molecule has 1 heterocycles. The summed E-state index contributed by atoms with van der Waals surface area (Å²) in [5.41, 5.74) is 2.70. The van der Waals surface area contributed by atoms with Gasteiger partial charge in [0.25, 0.3) is 5.91 Å². The third kappa shape index (κ3) is 4.51. The van der Waals surface area contributed by atoms with Gasteiger partial charge in [-0.2, -0.15) is 5.10 Å². The van der Waals surface area contributed by atoms with Crippen LogP contribution in [-0.2, 0) is 0 Å². The number of aliphatic hydroxyl groups excluding tert-OH is 4. The number of aromatic nitrogens is 1. The fraction of sp³-hybridized carbons (Fsp3) is 0.500. The predicted molar refractivity (Wildman–Crippen MR) is 72.7 cm³/mol. The van der Waals surface area contributed by atoms with Gasteiger partial charge in [-0.25, -0.2) is 4.98 Å². The number of rotatable bonds is 7. The van der Waals surface area contributed by atoms with Gasteiger partial charge >= 0.3 is 0 Å². The van der Waals surface area contributed by atoms with Crippen LogP contribution in [0.4, 0.5) is 5.13 Å². The number of hydrogen-bond donors (Lipinski definition) is 6. The number of hydrazone groups is 1. The van der Waals surface area contributed by atoms with Crippen LogP contribution >= 0.6 is 11.3 Å². The first-order valence-electron chi connectivity index (χ1n) is 5.61. The Kier molecular flexibility index (Phi) is 6.48. The van der Waals surface area contributed by atoms with Crippen LogP contribution in [0.25, 0.3) is 0 Å². The van der Waals surface area contributed by atoms with E-state index in [4.69, 9.17) is 10.2 Å². The van der Waals surface area contributed by atoms with E-state index in [9.17, 15) is 15.0 Å². The quantitative estimate of drug-likeness (QED) is 0.251. The highest BCUT2D eigenvalue weighted by Gasteiger charge is 2.22. The van der Waals surface area contributed by atoms with Gasteiger partial charge in [0.15, 0.2) is 0 Å². The highest BCUT2D eigenvalue weighted by atomic mass is 32.1. The van der Waals surface area contributed by atoms with Crippen molar-refractivity contribution in [2.75, 3.05) is 19.1 Å². The Morgan fingerprint density at radius 3 is 2.85 bits per heavy atom. The van der Waals surface area contributed by atoms with Crippen molar-refractivity contribution in [1.82, 2.24) is 10.3 Å². The molecule has 0 aliphatic rings. The molecule has 0 aromatic carbocycles. The van der Waals surface area contributed by atoms with E-state index < -0.39 is 24.9 Å². The number of hydrogen-bond acceptors (Lipinski definition) is 9. The molecular formula is C10H16N4O5S. The Morgan fingerprint density at radius 2 is 2.25 bits per heavy atom. The number of thiazole rings is 1. The Bertz CT molecular complexity index is 466. The van der Waals surface area contributed by atoms with Crippen molar-refractivity contribution < 1.29 is 25.2 Å². The zero-order valence-electron chi connectivity index (χ0n) is 10.6. The molecule has 10 heteroatoms. The average Bonchev–Trinajstić information content (AvgIpc) is 2.93. The van der Waals surface area contributed by atoms with Crippen LogP contribution in [0, 0.1) is 0 Å². The van der Waals surface area contributed by atoms with Crippen molar-refractivity contribution in [3.8, 4) is 0 Å². The molecule has 0 unspecified atom stereocenters. The van der Waals surface area contributed by atoms with E-state index in [2.05, 4.69) is 20.8 Å². The molecular weight excluding hydrogens is 288 g/mol. The summed E-state index contributed by atoms with van der Waals surface area (Å²) in [6, 6.07) is 0. The standard InChI is InChI=1S/C10H16N4O5S/c1-11-9(19)5-4-20-10(13-5)14-12-2-6(16)8(18)7(17)3-15/h2,4,6-8,15-18H,3H2,1H3,(H,11,19)(H,13,14)/b12-2-/t6-,7+,8+/m0/s1. The Balaban J connectivity index is 2.52. The van der Waals surface area contributed by atoms with Crippen molar-refractivity contribution in [3.05, 3.63) is 11.1 Å². The number of nitrogens with zero attached hydrogens (tertiary/aromatic N) is 2. The van der Waals surface area contributed by atoms with Gasteiger partial charge in [0, 0.05) is 12.4 Å². The fourth-order valence-corrected chi connectivity index (χ4v) is 1.79. The van der Waals surface area contributed by atoms with Crippen molar-refractivity contribution in [2.24, 2.45) is 5.10 Å². The van der Waals surface area contributed by atoms with Gasteiger partial charge in [-0.05, 0) is 0 Å². The molecule has 0 radical (unpaired) electrons. The number of carbonyl (C=O) groups excluding carboxylic acids is 1. The van der Waals surface area contributed by atoms with Crippen LogP contribution in [0.1, 0.15) is 10.5 Å². The summed E-state index contributed by atoms with van der Waals surface area (Å²) in [5, 5.41) is 44.4. The van der Waals surface area contributed by atoms with E-state index in [1.165, 1.54) is 12.4 Å². The largest absolute Gasteiger partial charge is 0.394 e. The summed E-state index contributed by atoms with van der Waals surface area (Å²) >= 11 is 1.13. The Hall–Kier alpha value is -1.59. The highest BCUT2D eigenvalue weighted by Crippen LogP contribution is 2.14. The second-order valence-corrected chi connectivity index (χ2v) is 4.60. The number of anilines is 1. The molecule has 0 bridgehead atoms. The summed E-state index contributed by atoms with van der Waals surface area (Å²) in [6.07, 6.45) is -3.52. The van der Waals surface area contributed by atoms with Gasteiger partial charge in [-0.1, -0.05) is 0 Å². The first-order chi connectivity index (χ1) is 9.49. The molecule has 6 N–H and O–H groups in total. The minimum Gasteiger partial charge on any atom is -0.394 e. The van der Waals surface area contributed by atoms with Crippen LogP contribution in [0.5, 0.6) is 0 Å². The third-order valence-corrected chi connectivity index (χ3v) is 3.03. The van der Waals surface area contributed by atoms with Crippen LogP contribution < -0.4 is 10.7 Å². The van der Waals surface area contributed by atoms with Gasteiger partial charge in [0.05, 0.1) is 12.8 Å². The maximum absolute atomic E-state index is 11.2. The van der Waals surface area contributed by atoms with Crippen molar-refractivity contribution in [1.29, 1.82) is 0 Å². The number of amides is 1. The zero-order chi connectivity index (χ0) is 15.1. The molecule has 0 saturated carbocycles. The average molecular weight is 304 g/mol. The first kappa shape index (κ1) is 16.5. The van der Waals surface area contributed by atoms with Gasteiger partial charge in [-0.3, -0.25) is 10.2 Å².